The summed E-state index contributed by atoms with van der Waals surface area (Å²) in [5.41, 5.74) is 1.51. The minimum atomic E-state index is -3.70. The number of sulfonamides is 1. The third-order valence-corrected chi connectivity index (χ3v) is 6.46. The molecule has 0 unspecified atom stereocenters. The van der Waals surface area contributed by atoms with Crippen molar-refractivity contribution in [3.63, 3.8) is 0 Å². The lowest BCUT2D eigenvalue weighted by Crippen LogP contribution is -2.52. The molecule has 0 saturated carbocycles. The van der Waals surface area contributed by atoms with E-state index in [0.29, 0.717) is 13.0 Å². The van der Waals surface area contributed by atoms with Gasteiger partial charge in [0.15, 0.2) is 0 Å². The number of amides is 3. The van der Waals surface area contributed by atoms with Crippen LogP contribution in [0.4, 0.5) is 4.79 Å². The number of hydrogen-bond donors (Lipinski definition) is 2. The maximum Gasteiger partial charge on any atom is 0.322 e. The molecule has 134 valence electrons. The van der Waals surface area contributed by atoms with Crippen molar-refractivity contribution in [3.05, 3.63) is 35.7 Å². The highest BCUT2D eigenvalue weighted by atomic mass is 32.2. The van der Waals surface area contributed by atoms with E-state index in [1.807, 2.05) is 25.1 Å². The third-order valence-electron chi connectivity index (χ3n) is 4.40. The summed E-state index contributed by atoms with van der Waals surface area (Å²) in [5, 5.41) is 4.46. The average molecular weight is 364 g/mol. The summed E-state index contributed by atoms with van der Waals surface area (Å²) in [6.45, 7) is 3.92. The Kier molecular flexibility index (Phi) is 4.38. The second-order valence-electron chi connectivity index (χ2n) is 6.55. The van der Waals surface area contributed by atoms with Crippen molar-refractivity contribution < 1.29 is 18.0 Å². The van der Waals surface area contributed by atoms with Gasteiger partial charge in [0.25, 0.3) is 5.91 Å². The third kappa shape index (κ3) is 3.57. The minimum Gasteiger partial charge on any atom is -0.322 e. The number of carbonyl (C=O) groups is 2. The molecule has 1 atom stereocenters. The zero-order chi connectivity index (χ0) is 18.2. The van der Waals surface area contributed by atoms with Crippen LogP contribution in [0.25, 0.3) is 5.57 Å². The van der Waals surface area contributed by atoms with Crippen LogP contribution in [0.2, 0.25) is 0 Å². The Balaban J connectivity index is 1.73. The maximum atomic E-state index is 12.6. The van der Waals surface area contributed by atoms with Gasteiger partial charge in [0.2, 0.25) is 10.0 Å². The molecule has 9 heteroatoms. The van der Waals surface area contributed by atoms with E-state index < -0.39 is 33.3 Å². The van der Waals surface area contributed by atoms with E-state index in [0.717, 1.165) is 16.8 Å². The Labute approximate surface area is 146 Å². The first-order valence-corrected chi connectivity index (χ1v) is 9.54. The van der Waals surface area contributed by atoms with E-state index in [1.54, 1.807) is 6.20 Å². The molecule has 0 radical (unpaired) electrons. The predicted octanol–water partition coefficient (Wildman–Crippen LogP) is 0.407. The van der Waals surface area contributed by atoms with E-state index in [1.165, 1.54) is 11.2 Å². The lowest BCUT2D eigenvalue weighted by atomic mass is 10.0. The van der Waals surface area contributed by atoms with Crippen LogP contribution in [0.15, 0.2) is 24.4 Å². The SMILES string of the molecule is Cc1ccnc(C2=CCN(S(=O)(=O)C[C@@]3(C)NC(=O)NC3=O)CC2)c1. The fourth-order valence-corrected chi connectivity index (χ4v) is 4.77. The molecule has 0 aromatic carbocycles. The van der Waals surface area contributed by atoms with E-state index in [-0.39, 0.29) is 6.54 Å². The van der Waals surface area contributed by atoms with Crippen molar-refractivity contribution in [2.24, 2.45) is 0 Å². The molecule has 1 fully saturated rings. The molecule has 0 aliphatic carbocycles. The molecule has 1 saturated heterocycles. The number of aromatic nitrogens is 1. The van der Waals surface area contributed by atoms with Gasteiger partial charge in [-0.05, 0) is 43.5 Å². The van der Waals surface area contributed by atoms with Gasteiger partial charge in [-0.2, -0.15) is 4.31 Å². The standard InChI is InChI=1S/C16H20N4O4S/c1-11-3-6-17-13(9-11)12-4-7-20(8-5-12)25(23,24)10-16(2)14(21)18-15(22)19-16/h3-4,6,9H,5,7-8,10H2,1-2H3,(H2,18,19,21,22)/t16-/m1/s1. The topological polar surface area (TPSA) is 108 Å². The number of imide groups is 1. The largest absolute Gasteiger partial charge is 0.322 e. The van der Waals surface area contributed by atoms with Crippen LogP contribution in [0.5, 0.6) is 0 Å². The quantitative estimate of drug-likeness (QED) is 0.752. The van der Waals surface area contributed by atoms with Crippen molar-refractivity contribution in [2.45, 2.75) is 25.8 Å². The van der Waals surface area contributed by atoms with Crippen LogP contribution in [-0.4, -0.2) is 54.0 Å². The summed E-state index contributed by atoms with van der Waals surface area (Å²) < 4.78 is 26.6. The second kappa shape index (κ2) is 6.23. The van der Waals surface area contributed by atoms with Gasteiger partial charge in [0, 0.05) is 19.3 Å². The summed E-state index contributed by atoms with van der Waals surface area (Å²) in [5.74, 6) is -1.10. The molecular formula is C16H20N4O4S. The number of nitrogens with one attached hydrogen (secondary N) is 2. The average Bonchev–Trinajstić information content (AvgIpc) is 2.78. The van der Waals surface area contributed by atoms with Crippen LogP contribution in [-0.2, 0) is 14.8 Å². The van der Waals surface area contributed by atoms with Gasteiger partial charge in [-0.3, -0.25) is 15.1 Å². The molecule has 1 aromatic heterocycles. The summed E-state index contributed by atoms with van der Waals surface area (Å²) in [6.07, 6.45) is 4.13. The normalized spacial score (nSPS) is 24.6. The Bertz CT molecular complexity index is 865. The van der Waals surface area contributed by atoms with E-state index in [2.05, 4.69) is 15.6 Å². The van der Waals surface area contributed by atoms with Crippen molar-refractivity contribution in [3.8, 4) is 0 Å². The summed E-state index contributed by atoms with van der Waals surface area (Å²) in [4.78, 5) is 27.5. The lowest BCUT2D eigenvalue weighted by molar-refractivity contribution is -0.122. The number of urea groups is 1. The number of carbonyl (C=O) groups excluding carboxylic acids is 2. The Hall–Kier alpha value is -2.26. The van der Waals surface area contributed by atoms with Crippen LogP contribution < -0.4 is 10.6 Å². The van der Waals surface area contributed by atoms with Crippen LogP contribution in [0.1, 0.15) is 24.6 Å². The van der Waals surface area contributed by atoms with E-state index in [4.69, 9.17) is 0 Å². The Morgan fingerprint density at radius 3 is 2.68 bits per heavy atom. The highest BCUT2D eigenvalue weighted by Crippen LogP contribution is 2.24. The van der Waals surface area contributed by atoms with Crippen molar-refractivity contribution in [1.82, 2.24) is 19.9 Å². The Morgan fingerprint density at radius 1 is 1.36 bits per heavy atom. The summed E-state index contributed by atoms with van der Waals surface area (Å²) in [6, 6.07) is 3.20. The predicted molar refractivity (Wildman–Crippen MR) is 92.0 cm³/mol. The van der Waals surface area contributed by atoms with E-state index in [9.17, 15) is 18.0 Å². The summed E-state index contributed by atoms with van der Waals surface area (Å²) >= 11 is 0. The number of pyridine rings is 1. The molecular weight excluding hydrogens is 344 g/mol. The van der Waals surface area contributed by atoms with Crippen LogP contribution in [0, 0.1) is 6.92 Å². The molecule has 2 aliphatic rings. The molecule has 0 bridgehead atoms. The first-order chi connectivity index (χ1) is 11.7. The number of nitrogens with zero attached hydrogens (tertiary/aromatic N) is 2. The molecule has 2 N–H and O–H groups in total. The molecule has 25 heavy (non-hydrogen) atoms. The number of rotatable bonds is 4. The highest BCUT2D eigenvalue weighted by Gasteiger charge is 2.46. The van der Waals surface area contributed by atoms with Gasteiger partial charge in [-0.25, -0.2) is 13.2 Å². The van der Waals surface area contributed by atoms with Gasteiger partial charge in [0.1, 0.15) is 5.54 Å². The van der Waals surface area contributed by atoms with Gasteiger partial charge in [-0.1, -0.05) is 6.08 Å². The number of hydrogen-bond acceptors (Lipinski definition) is 5. The van der Waals surface area contributed by atoms with E-state index >= 15 is 0 Å². The highest BCUT2D eigenvalue weighted by molar-refractivity contribution is 7.89. The van der Waals surface area contributed by atoms with Gasteiger partial charge in [0.05, 0.1) is 11.4 Å². The van der Waals surface area contributed by atoms with Crippen LogP contribution in [0.3, 0.4) is 0 Å². The summed E-state index contributed by atoms with van der Waals surface area (Å²) in [7, 11) is -3.70. The van der Waals surface area contributed by atoms with Crippen molar-refractivity contribution in [1.29, 1.82) is 0 Å². The van der Waals surface area contributed by atoms with Crippen molar-refractivity contribution >= 4 is 27.5 Å². The molecule has 0 spiro atoms. The molecule has 3 rings (SSSR count). The smallest absolute Gasteiger partial charge is 0.322 e. The van der Waals surface area contributed by atoms with Gasteiger partial charge in [-0.15, -0.1) is 0 Å². The molecule has 8 nitrogen and oxygen atoms in total. The lowest BCUT2D eigenvalue weighted by Gasteiger charge is -2.29. The molecule has 2 aliphatic heterocycles. The zero-order valence-corrected chi connectivity index (χ0v) is 14.9. The fraction of sp³-hybridized carbons (Fsp3) is 0.438. The monoisotopic (exact) mass is 364 g/mol. The maximum absolute atomic E-state index is 12.6. The first-order valence-electron chi connectivity index (χ1n) is 7.93. The fourth-order valence-electron chi connectivity index (χ4n) is 2.98. The Morgan fingerprint density at radius 2 is 2.12 bits per heavy atom. The van der Waals surface area contributed by atoms with Gasteiger partial charge < -0.3 is 5.32 Å². The zero-order valence-electron chi connectivity index (χ0n) is 14.1. The molecule has 3 heterocycles. The minimum absolute atomic E-state index is 0.221. The van der Waals surface area contributed by atoms with Crippen molar-refractivity contribution in [2.75, 3.05) is 18.8 Å². The second-order valence-corrected chi connectivity index (χ2v) is 8.52. The van der Waals surface area contributed by atoms with Crippen LogP contribution >= 0.6 is 0 Å². The first kappa shape index (κ1) is 17.6. The van der Waals surface area contributed by atoms with Gasteiger partial charge >= 0.3 is 6.03 Å². The molecule has 1 aromatic rings. The number of aryl methyl sites for hydroxylation is 1. The molecule has 3 amide bonds.